The van der Waals surface area contributed by atoms with Crippen LogP contribution in [0.2, 0.25) is 0 Å². The van der Waals surface area contributed by atoms with Crippen molar-refractivity contribution in [2.45, 2.75) is 6.54 Å². The number of hydrogen-bond acceptors (Lipinski definition) is 4. The molecule has 0 saturated heterocycles. The molecule has 0 aliphatic carbocycles. The van der Waals surface area contributed by atoms with Crippen molar-refractivity contribution in [1.29, 1.82) is 0 Å². The van der Waals surface area contributed by atoms with Gasteiger partial charge in [0, 0.05) is 24.5 Å². The van der Waals surface area contributed by atoms with E-state index in [0.29, 0.717) is 5.69 Å². The van der Waals surface area contributed by atoms with Gasteiger partial charge in [0.1, 0.15) is 5.65 Å². The Hall–Kier alpha value is -2.96. The van der Waals surface area contributed by atoms with E-state index >= 15 is 0 Å². The summed E-state index contributed by atoms with van der Waals surface area (Å²) in [6.07, 6.45) is 4.87. The van der Waals surface area contributed by atoms with Gasteiger partial charge in [-0.25, -0.2) is 4.98 Å². The molecular formula is C13H10N4O3. The molecule has 3 rings (SSSR count). The summed E-state index contributed by atoms with van der Waals surface area (Å²) < 4.78 is 3.11. The maximum absolute atomic E-state index is 11.7. The van der Waals surface area contributed by atoms with Crippen molar-refractivity contribution in [2.24, 2.45) is 0 Å². The van der Waals surface area contributed by atoms with E-state index in [0.717, 1.165) is 5.65 Å². The van der Waals surface area contributed by atoms with Crippen LogP contribution in [0.3, 0.4) is 0 Å². The van der Waals surface area contributed by atoms with Crippen molar-refractivity contribution in [3.05, 3.63) is 75.1 Å². The zero-order valence-corrected chi connectivity index (χ0v) is 10.3. The van der Waals surface area contributed by atoms with Crippen LogP contribution in [0.25, 0.3) is 5.65 Å². The van der Waals surface area contributed by atoms with Gasteiger partial charge < -0.3 is 8.97 Å². The molecule has 0 N–H and O–H groups in total. The van der Waals surface area contributed by atoms with Gasteiger partial charge in [-0.15, -0.1) is 0 Å². The molecule has 3 aromatic heterocycles. The van der Waals surface area contributed by atoms with Crippen LogP contribution < -0.4 is 5.56 Å². The zero-order valence-electron chi connectivity index (χ0n) is 10.3. The van der Waals surface area contributed by atoms with Gasteiger partial charge in [-0.3, -0.25) is 14.9 Å². The van der Waals surface area contributed by atoms with Crippen LogP contribution in [0.15, 0.2) is 53.7 Å². The highest BCUT2D eigenvalue weighted by atomic mass is 16.6. The molecule has 0 aliphatic rings. The summed E-state index contributed by atoms with van der Waals surface area (Å²) in [5, 5.41) is 10.7. The first-order valence-corrected chi connectivity index (χ1v) is 5.91. The molecular weight excluding hydrogens is 260 g/mol. The van der Waals surface area contributed by atoms with E-state index in [-0.39, 0.29) is 17.8 Å². The zero-order chi connectivity index (χ0) is 14.1. The largest absolute Gasteiger partial charge is 0.307 e. The first-order valence-electron chi connectivity index (χ1n) is 5.91. The number of aromatic nitrogens is 3. The highest BCUT2D eigenvalue weighted by molar-refractivity contribution is 5.39. The average molecular weight is 270 g/mol. The van der Waals surface area contributed by atoms with Crippen LogP contribution in [-0.2, 0) is 6.54 Å². The van der Waals surface area contributed by atoms with E-state index in [1.54, 1.807) is 6.20 Å². The molecule has 0 aliphatic heterocycles. The minimum atomic E-state index is -0.528. The second-order valence-electron chi connectivity index (χ2n) is 4.31. The number of pyridine rings is 2. The third kappa shape index (κ3) is 2.16. The lowest BCUT2D eigenvalue weighted by atomic mass is 10.4. The first kappa shape index (κ1) is 12.1. The van der Waals surface area contributed by atoms with E-state index in [4.69, 9.17) is 0 Å². The van der Waals surface area contributed by atoms with Crippen molar-refractivity contribution < 1.29 is 4.92 Å². The van der Waals surface area contributed by atoms with Gasteiger partial charge in [-0.05, 0) is 12.1 Å². The molecule has 0 bridgehead atoms. The maximum Gasteiger partial charge on any atom is 0.285 e. The van der Waals surface area contributed by atoms with E-state index in [9.17, 15) is 14.9 Å². The molecule has 20 heavy (non-hydrogen) atoms. The molecule has 0 radical (unpaired) electrons. The van der Waals surface area contributed by atoms with Crippen LogP contribution in [0.5, 0.6) is 0 Å². The Labute approximate surface area is 112 Å². The topological polar surface area (TPSA) is 82.4 Å². The van der Waals surface area contributed by atoms with E-state index in [2.05, 4.69) is 4.98 Å². The van der Waals surface area contributed by atoms with Crippen LogP contribution >= 0.6 is 0 Å². The Balaban J connectivity index is 2.00. The second kappa shape index (κ2) is 4.61. The van der Waals surface area contributed by atoms with Crippen molar-refractivity contribution in [3.8, 4) is 0 Å². The molecule has 7 nitrogen and oxygen atoms in total. The van der Waals surface area contributed by atoms with Crippen molar-refractivity contribution >= 4 is 11.3 Å². The Morgan fingerprint density at radius 2 is 2.05 bits per heavy atom. The summed E-state index contributed by atoms with van der Waals surface area (Å²) in [4.78, 5) is 26.3. The van der Waals surface area contributed by atoms with E-state index < -0.39 is 4.92 Å². The highest BCUT2D eigenvalue weighted by Gasteiger charge is 2.09. The lowest BCUT2D eigenvalue weighted by Gasteiger charge is -2.01. The lowest BCUT2D eigenvalue weighted by molar-refractivity contribution is -0.385. The number of fused-ring (bicyclic) bond motifs is 1. The van der Waals surface area contributed by atoms with E-state index in [1.165, 1.54) is 22.9 Å². The predicted molar refractivity (Wildman–Crippen MR) is 71.7 cm³/mol. The van der Waals surface area contributed by atoms with Crippen molar-refractivity contribution in [3.63, 3.8) is 0 Å². The fourth-order valence-corrected chi connectivity index (χ4v) is 1.99. The molecule has 100 valence electrons. The molecule has 0 saturated carbocycles. The standard InChI is InChI=1S/C13H10N4O3/c18-13-5-4-11(17(19)20)9-16(13)8-10-7-15-6-2-1-3-12(15)14-10/h1-7,9H,8H2. The van der Waals surface area contributed by atoms with Gasteiger partial charge >= 0.3 is 0 Å². The van der Waals surface area contributed by atoms with Crippen molar-refractivity contribution in [1.82, 2.24) is 14.0 Å². The van der Waals surface area contributed by atoms with Gasteiger partial charge in [0.05, 0.1) is 23.4 Å². The quantitative estimate of drug-likeness (QED) is 0.532. The Morgan fingerprint density at radius 1 is 1.20 bits per heavy atom. The second-order valence-corrected chi connectivity index (χ2v) is 4.31. The molecule has 3 heterocycles. The number of rotatable bonds is 3. The summed E-state index contributed by atoms with van der Waals surface area (Å²) >= 11 is 0. The van der Waals surface area contributed by atoms with Crippen molar-refractivity contribution in [2.75, 3.05) is 0 Å². The van der Waals surface area contributed by atoms with Crippen LogP contribution in [-0.4, -0.2) is 18.9 Å². The minimum absolute atomic E-state index is 0.117. The van der Waals surface area contributed by atoms with Gasteiger partial charge in [-0.1, -0.05) is 6.07 Å². The van der Waals surface area contributed by atoms with Gasteiger partial charge in [0.25, 0.3) is 11.2 Å². The lowest BCUT2D eigenvalue weighted by Crippen LogP contribution is -2.19. The normalized spacial score (nSPS) is 10.8. The van der Waals surface area contributed by atoms with Crippen LogP contribution in [0, 0.1) is 10.1 Å². The number of imidazole rings is 1. The first-order chi connectivity index (χ1) is 9.63. The number of nitrogens with zero attached hydrogens (tertiary/aromatic N) is 4. The third-order valence-corrected chi connectivity index (χ3v) is 2.92. The SMILES string of the molecule is O=c1ccc([N+](=O)[O-])cn1Cc1cn2ccccc2n1. The molecule has 7 heteroatoms. The molecule has 0 fully saturated rings. The Bertz CT molecular complexity index is 817. The molecule has 3 aromatic rings. The van der Waals surface area contributed by atoms with Crippen LogP contribution in [0.1, 0.15) is 5.69 Å². The summed E-state index contributed by atoms with van der Waals surface area (Å²) in [5.41, 5.74) is 1.01. The highest BCUT2D eigenvalue weighted by Crippen LogP contribution is 2.09. The Kier molecular flexibility index (Phi) is 2.79. The average Bonchev–Trinajstić information content (AvgIpc) is 2.83. The smallest absolute Gasteiger partial charge is 0.285 e. The number of nitro groups is 1. The fourth-order valence-electron chi connectivity index (χ4n) is 1.99. The maximum atomic E-state index is 11.7. The third-order valence-electron chi connectivity index (χ3n) is 2.92. The monoisotopic (exact) mass is 270 g/mol. The van der Waals surface area contributed by atoms with Crippen LogP contribution in [0.4, 0.5) is 5.69 Å². The summed E-state index contributed by atoms with van der Waals surface area (Å²) in [6.45, 7) is 0.197. The summed E-state index contributed by atoms with van der Waals surface area (Å²) in [5.74, 6) is 0. The van der Waals surface area contributed by atoms with Gasteiger partial charge in [-0.2, -0.15) is 0 Å². The van der Waals surface area contributed by atoms with Gasteiger partial charge in [0.15, 0.2) is 0 Å². The predicted octanol–water partition coefficient (Wildman–Crippen LogP) is 1.45. The fraction of sp³-hybridized carbons (Fsp3) is 0.0769. The molecule has 0 atom stereocenters. The number of hydrogen-bond donors (Lipinski definition) is 0. The summed E-state index contributed by atoms with van der Waals surface area (Å²) in [7, 11) is 0. The molecule has 0 unspecified atom stereocenters. The minimum Gasteiger partial charge on any atom is -0.307 e. The molecule has 0 aromatic carbocycles. The Morgan fingerprint density at radius 3 is 2.80 bits per heavy atom. The van der Waals surface area contributed by atoms with E-state index in [1.807, 2.05) is 28.8 Å². The summed E-state index contributed by atoms with van der Waals surface area (Å²) in [6, 6.07) is 7.97. The molecule has 0 spiro atoms. The van der Waals surface area contributed by atoms with Gasteiger partial charge in [0.2, 0.25) is 0 Å². The molecule has 0 amide bonds.